The van der Waals surface area contributed by atoms with Crippen molar-refractivity contribution >= 4 is 10.0 Å². The predicted octanol–water partition coefficient (Wildman–Crippen LogP) is 1.79. The van der Waals surface area contributed by atoms with E-state index in [2.05, 4.69) is 10.0 Å². The summed E-state index contributed by atoms with van der Waals surface area (Å²) in [5.41, 5.74) is 0.174. The Morgan fingerprint density at radius 1 is 1.14 bits per heavy atom. The van der Waals surface area contributed by atoms with Crippen LogP contribution in [0.5, 0.6) is 0 Å². The molecule has 0 aromatic carbocycles. The minimum atomic E-state index is -3.11. The first-order valence-corrected chi connectivity index (χ1v) is 10.7. The molecule has 3 atom stereocenters. The summed E-state index contributed by atoms with van der Waals surface area (Å²) >= 11 is 0. The number of nitrogens with one attached hydrogen (secondary N) is 2. The first-order chi connectivity index (χ1) is 10.5. The third kappa shape index (κ3) is 4.22. The van der Waals surface area contributed by atoms with Gasteiger partial charge in [-0.3, -0.25) is 0 Å². The Labute approximate surface area is 134 Å². The molecule has 6 heteroatoms. The lowest BCUT2D eigenvalue weighted by molar-refractivity contribution is -0.135. The van der Waals surface area contributed by atoms with E-state index in [1.54, 1.807) is 0 Å². The minimum Gasteiger partial charge on any atom is -0.375 e. The Balaban J connectivity index is 1.50. The summed E-state index contributed by atoms with van der Waals surface area (Å²) in [7, 11) is -3.11. The zero-order valence-electron chi connectivity index (χ0n) is 13.6. The first kappa shape index (κ1) is 16.7. The average Bonchev–Trinajstić information content (AvgIpc) is 2.43. The van der Waals surface area contributed by atoms with Gasteiger partial charge < -0.3 is 10.1 Å². The lowest BCUT2D eigenvalue weighted by Crippen LogP contribution is -2.53. The lowest BCUT2D eigenvalue weighted by atomic mass is 9.74. The third-order valence-electron chi connectivity index (χ3n) is 5.70. The van der Waals surface area contributed by atoms with E-state index in [4.69, 9.17) is 4.74 Å². The molecule has 2 aliphatic carbocycles. The fraction of sp³-hybridized carbons (Fsp3) is 1.00. The van der Waals surface area contributed by atoms with Gasteiger partial charge >= 0.3 is 0 Å². The molecule has 0 amide bonds. The molecular weight excluding hydrogens is 300 g/mol. The average molecular weight is 330 g/mol. The second-order valence-corrected chi connectivity index (χ2v) is 9.30. The molecule has 3 fully saturated rings. The molecule has 0 radical (unpaired) electrons. The monoisotopic (exact) mass is 330 g/mol. The van der Waals surface area contributed by atoms with Crippen LogP contribution in [0.1, 0.15) is 57.8 Å². The van der Waals surface area contributed by atoms with Gasteiger partial charge in [-0.2, -0.15) is 0 Å². The van der Waals surface area contributed by atoms with E-state index in [1.165, 1.54) is 31.9 Å². The highest BCUT2D eigenvalue weighted by Gasteiger charge is 2.42. The summed E-state index contributed by atoms with van der Waals surface area (Å²) in [6.07, 6.45) is 11.6. The SMILES string of the molecule is CS(=O)(=O)NC1CCCCC1CNC1CCOC2(CCC2)C1. The third-order valence-corrected chi connectivity index (χ3v) is 6.43. The normalized spacial score (nSPS) is 35.2. The summed E-state index contributed by atoms with van der Waals surface area (Å²) in [5, 5.41) is 3.72. The van der Waals surface area contributed by atoms with E-state index in [-0.39, 0.29) is 11.6 Å². The molecule has 128 valence electrons. The maximum atomic E-state index is 11.5. The molecule has 22 heavy (non-hydrogen) atoms. The van der Waals surface area contributed by atoms with Crippen LogP contribution in [-0.2, 0) is 14.8 Å². The molecule has 2 saturated carbocycles. The summed E-state index contributed by atoms with van der Waals surface area (Å²) in [4.78, 5) is 0. The number of hydrogen-bond acceptors (Lipinski definition) is 4. The maximum absolute atomic E-state index is 11.5. The molecule has 1 spiro atoms. The largest absolute Gasteiger partial charge is 0.375 e. The fourth-order valence-electron chi connectivity index (χ4n) is 4.32. The maximum Gasteiger partial charge on any atom is 0.208 e. The molecule has 1 heterocycles. The second kappa shape index (κ2) is 6.75. The standard InChI is InChI=1S/C16H30N2O3S/c1-22(19,20)18-15-6-3-2-5-13(15)12-17-14-7-10-21-16(11-14)8-4-9-16/h13-15,17-18H,2-12H2,1H3. The van der Waals surface area contributed by atoms with Crippen molar-refractivity contribution in [3.8, 4) is 0 Å². The molecule has 3 unspecified atom stereocenters. The van der Waals surface area contributed by atoms with Gasteiger partial charge in [-0.15, -0.1) is 0 Å². The van der Waals surface area contributed by atoms with Crippen LogP contribution in [0.4, 0.5) is 0 Å². The van der Waals surface area contributed by atoms with Gasteiger partial charge in [-0.1, -0.05) is 12.8 Å². The van der Waals surface area contributed by atoms with Crippen molar-refractivity contribution in [3.05, 3.63) is 0 Å². The number of ether oxygens (including phenoxy) is 1. The van der Waals surface area contributed by atoms with E-state index in [0.29, 0.717) is 12.0 Å². The molecule has 1 aliphatic heterocycles. The van der Waals surface area contributed by atoms with E-state index in [0.717, 1.165) is 45.3 Å². The Morgan fingerprint density at radius 2 is 1.91 bits per heavy atom. The van der Waals surface area contributed by atoms with Crippen molar-refractivity contribution in [3.63, 3.8) is 0 Å². The number of hydrogen-bond donors (Lipinski definition) is 2. The molecule has 3 rings (SSSR count). The van der Waals surface area contributed by atoms with Gasteiger partial charge in [0, 0.05) is 18.7 Å². The predicted molar refractivity (Wildman–Crippen MR) is 87.3 cm³/mol. The van der Waals surface area contributed by atoms with E-state index < -0.39 is 10.0 Å². The van der Waals surface area contributed by atoms with Gasteiger partial charge in [0.15, 0.2) is 0 Å². The Morgan fingerprint density at radius 3 is 2.59 bits per heavy atom. The van der Waals surface area contributed by atoms with Crippen molar-refractivity contribution in [2.75, 3.05) is 19.4 Å². The second-order valence-electron chi connectivity index (χ2n) is 7.52. The van der Waals surface area contributed by atoms with Crippen LogP contribution >= 0.6 is 0 Å². The van der Waals surface area contributed by atoms with Crippen molar-refractivity contribution < 1.29 is 13.2 Å². The van der Waals surface area contributed by atoms with Gasteiger partial charge in [-0.25, -0.2) is 13.1 Å². The van der Waals surface area contributed by atoms with Gasteiger partial charge in [0.05, 0.1) is 11.9 Å². The molecule has 1 saturated heterocycles. The Bertz CT molecular complexity index is 476. The molecule has 3 aliphatic rings. The van der Waals surface area contributed by atoms with Crippen molar-refractivity contribution in [1.82, 2.24) is 10.0 Å². The van der Waals surface area contributed by atoms with Crippen LogP contribution in [0.3, 0.4) is 0 Å². The zero-order valence-corrected chi connectivity index (χ0v) is 14.5. The van der Waals surface area contributed by atoms with E-state index in [9.17, 15) is 8.42 Å². The fourth-order valence-corrected chi connectivity index (χ4v) is 5.18. The highest BCUT2D eigenvalue weighted by Crippen LogP contribution is 2.42. The van der Waals surface area contributed by atoms with Crippen LogP contribution < -0.4 is 10.0 Å². The van der Waals surface area contributed by atoms with Crippen LogP contribution in [0.15, 0.2) is 0 Å². The topological polar surface area (TPSA) is 67.4 Å². The lowest BCUT2D eigenvalue weighted by Gasteiger charge is -2.47. The van der Waals surface area contributed by atoms with Crippen LogP contribution in [0, 0.1) is 5.92 Å². The first-order valence-electron chi connectivity index (χ1n) is 8.80. The van der Waals surface area contributed by atoms with Crippen LogP contribution in [-0.4, -0.2) is 45.5 Å². The van der Waals surface area contributed by atoms with Crippen molar-refractivity contribution in [2.24, 2.45) is 5.92 Å². The van der Waals surface area contributed by atoms with Crippen LogP contribution in [0.25, 0.3) is 0 Å². The number of sulfonamides is 1. The van der Waals surface area contributed by atoms with Gasteiger partial charge in [0.25, 0.3) is 0 Å². The zero-order chi connectivity index (χ0) is 15.6. The molecule has 0 aromatic heterocycles. The van der Waals surface area contributed by atoms with Crippen molar-refractivity contribution in [1.29, 1.82) is 0 Å². The highest BCUT2D eigenvalue weighted by atomic mass is 32.2. The molecular formula is C16H30N2O3S. The van der Waals surface area contributed by atoms with Gasteiger partial charge in [-0.05, 0) is 57.4 Å². The highest BCUT2D eigenvalue weighted by molar-refractivity contribution is 7.88. The minimum absolute atomic E-state index is 0.105. The van der Waals surface area contributed by atoms with E-state index >= 15 is 0 Å². The molecule has 5 nitrogen and oxygen atoms in total. The van der Waals surface area contributed by atoms with Gasteiger partial charge in [0.2, 0.25) is 10.0 Å². The Hall–Kier alpha value is -0.170. The smallest absolute Gasteiger partial charge is 0.208 e. The van der Waals surface area contributed by atoms with E-state index in [1.807, 2.05) is 0 Å². The van der Waals surface area contributed by atoms with Gasteiger partial charge in [0.1, 0.15) is 0 Å². The van der Waals surface area contributed by atoms with Crippen molar-refractivity contribution in [2.45, 2.75) is 75.5 Å². The number of rotatable bonds is 5. The quantitative estimate of drug-likeness (QED) is 0.806. The Kier molecular flexibility index (Phi) is 5.12. The summed E-state index contributed by atoms with van der Waals surface area (Å²) in [6.45, 7) is 1.79. The summed E-state index contributed by atoms with van der Waals surface area (Å²) in [6, 6.07) is 0.642. The summed E-state index contributed by atoms with van der Waals surface area (Å²) in [5.74, 6) is 0.420. The summed E-state index contributed by atoms with van der Waals surface area (Å²) < 4.78 is 31.9. The molecule has 0 aromatic rings. The molecule has 2 N–H and O–H groups in total. The molecule has 0 bridgehead atoms. The van der Waals surface area contributed by atoms with Crippen LogP contribution in [0.2, 0.25) is 0 Å².